The Balaban J connectivity index is 1.32. The molecule has 51 heavy (non-hydrogen) atoms. The molecule has 2 aliphatic rings. The van der Waals surface area contributed by atoms with Gasteiger partial charge in [-0.15, -0.1) is 0 Å². The second-order valence-electron chi connectivity index (χ2n) is 13.5. The minimum absolute atomic E-state index is 0.579. The largest absolute Gasteiger partial charge is 0.459 e. The third-order valence-electron chi connectivity index (χ3n) is 11.2. The van der Waals surface area contributed by atoms with E-state index in [4.69, 9.17) is 4.42 Å². The third kappa shape index (κ3) is 3.95. The van der Waals surface area contributed by atoms with Gasteiger partial charge in [-0.3, -0.25) is 4.99 Å². The van der Waals surface area contributed by atoms with E-state index in [1.54, 1.807) is 0 Å². The maximum absolute atomic E-state index is 7.03. The van der Waals surface area contributed by atoms with Crippen molar-refractivity contribution < 1.29 is 4.42 Å². The number of nitrogens with zero attached hydrogens (tertiary/aromatic N) is 1. The molecule has 7 aromatic carbocycles. The molecule has 0 radical (unpaired) electrons. The smallest absolute Gasteiger partial charge is 0.135 e. The number of furan rings is 1. The lowest BCUT2D eigenvalue weighted by Crippen LogP contribution is -2.40. The minimum Gasteiger partial charge on any atom is -0.459 e. The van der Waals surface area contributed by atoms with Gasteiger partial charge < -0.3 is 9.73 Å². The molecule has 0 saturated heterocycles. The van der Waals surface area contributed by atoms with Crippen molar-refractivity contribution in [3.05, 3.63) is 209 Å². The first-order chi connectivity index (χ1) is 25.2. The van der Waals surface area contributed by atoms with E-state index in [1.165, 1.54) is 44.2 Å². The summed E-state index contributed by atoms with van der Waals surface area (Å²) in [6.07, 6.45) is 2.25. The molecular formula is C48H34N2O. The van der Waals surface area contributed by atoms with Crippen LogP contribution in [0.3, 0.4) is 0 Å². The van der Waals surface area contributed by atoms with Crippen LogP contribution in [-0.4, -0.2) is 13.8 Å². The SMILES string of the molecule is C=N/C(=C\C(NC)(c1ccc2c(c1)-c1c(oc3ccccc13)C21c2ccccc2-c2ccccc21)c1cccc2ccccc12)c1ccccc1. The summed E-state index contributed by atoms with van der Waals surface area (Å²) < 4.78 is 7.03. The minimum atomic E-state index is -0.775. The lowest BCUT2D eigenvalue weighted by atomic mass is 9.72. The van der Waals surface area contributed by atoms with Crippen LogP contribution in [0, 0.1) is 0 Å². The van der Waals surface area contributed by atoms with Crippen molar-refractivity contribution in [1.82, 2.24) is 5.32 Å². The highest BCUT2D eigenvalue weighted by atomic mass is 16.3. The van der Waals surface area contributed by atoms with E-state index >= 15 is 0 Å². The van der Waals surface area contributed by atoms with Crippen LogP contribution in [-0.2, 0) is 11.0 Å². The van der Waals surface area contributed by atoms with Crippen molar-refractivity contribution >= 4 is 34.2 Å². The summed E-state index contributed by atoms with van der Waals surface area (Å²) >= 11 is 0. The van der Waals surface area contributed by atoms with Gasteiger partial charge in [0.1, 0.15) is 16.8 Å². The highest BCUT2D eigenvalue weighted by Crippen LogP contribution is 2.64. The van der Waals surface area contributed by atoms with Crippen LogP contribution in [0.25, 0.3) is 49.7 Å². The van der Waals surface area contributed by atoms with E-state index in [1.807, 2.05) is 25.2 Å². The zero-order valence-corrected chi connectivity index (χ0v) is 28.2. The molecule has 10 rings (SSSR count). The molecule has 0 fully saturated rings. The van der Waals surface area contributed by atoms with E-state index in [9.17, 15) is 0 Å². The van der Waals surface area contributed by atoms with Crippen molar-refractivity contribution in [3.63, 3.8) is 0 Å². The van der Waals surface area contributed by atoms with Crippen LogP contribution < -0.4 is 5.32 Å². The van der Waals surface area contributed by atoms with E-state index in [0.29, 0.717) is 0 Å². The van der Waals surface area contributed by atoms with E-state index in [2.05, 4.69) is 169 Å². The molecule has 3 nitrogen and oxygen atoms in total. The average molecular weight is 655 g/mol. The van der Waals surface area contributed by atoms with Gasteiger partial charge in [-0.2, -0.15) is 0 Å². The predicted octanol–water partition coefficient (Wildman–Crippen LogP) is 11.1. The fraction of sp³-hybridized carbons (Fsp3) is 0.0625. The Kier molecular flexibility index (Phi) is 6.45. The third-order valence-corrected chi connectivity index (χ3v) is 11.2. The molecule has 1 N–H and O–H groups in total. The zero-order chi connectivity index (χ0) is 34.2. The van der Waals surface area contributed by atoms with Crippen LogP contribution in [0.1, 0.15) is 39.1 Å². The van der Waals surface area contributed by atoms with Crippen molar-refractivity contribution in [1.29, 1.82) is 0 Å². The highest BCUT2D eigenvalue weighted by Gasteiger charge is 2.55. The highest BCUT2D eigenvalue weighted by molar-refractivity contribution is 6.04. The van der Waals surface area contributed by atoms with Crippen molar-refractivity contribution in [2.75, 3.05) is 7.05 Å². The van der Waals surface area contributed by atoms with Crippen molar-refractivity contribution in [2.24, 2.45) is 4.99 Å². The summed E-state index contributed by atoms with van der Waals surface area (Å²) in [5.74, 6) is 0.988. The number of nitrogens with one attached hydrogen (secondary N) is 1. The fourth-order valence-electron chi connectivity index (χ4n) is 9.06. The Bertz CT molecular complexity index is 2670. The van der Waals surface area contributed by atoms with Gasteiger partial charge in [0.05, 0.1) is 11.2 Å². The number of hydrogen-bond acceptors (Lipinski definition) is 3. The molecule has 8 aromatic rings. The molecule has 0 saturated carbocycles. The summed E-state index contributed by atoms with van der Waals surface area (Å²) in [7, 11) is 2.04. The molecule has 1 aromatic heterocycles. The summed E-state index contributed by atoms with van der Waals surface area (Å²) in [4.78, 5) is 4.63. The first-order valence-corrected chi connectivity index (χ1v) is 17.5. The monoisotopic (exact) mass is 654 g/mol. The van der Waals surface area contributed by atoms with Gasteiger partial charge in [0.2, 0.25) is 0 Å². The van der Waals surface area contributed by atoms with Crippen LogP contribution in [0.2, 0.25) is 0 Å². The standard InChI is InChI=1S/C48H34N2O/c1-49-43(32-16-4-3-5-17-32)30-47(50-2,39-25-14-18-31-15-6-7-19-34(31)39)33-27-28-42-38(29-33)45-37-22-10-13-26-44(37)51-46(45)48(42)40-23-11-8-20-35(40)36-21-9-12-24-41(36)48/h3-30,50H,1H2,2H3/b43-30-. The van der Waals surface area contributed by atoms with E-state index in [0.717, 1.165) is 44.7 Å². The molecule has 3 heteroatoms. The Morgan fingerprint density at radius 1 is 0.647 bits per heavy atom. The lowest BCUT2D eigenvalue weighted by molar-refractivity contribution is 0.506. The maximum atomic E-state index is 7.03. The second-order valence-corrected chi connectivity index (χ2v) is 13.5. The van der Waals surface area contributed by atoms with Gasteiger partial charge in [-0.1, -0.05) is 152 Å². The van der Waals surface area contributed by atoms with Gasteiger partial charge >= 0.3 is 0 Å². The Morgan fingerprint density at radius 2 is 1.27 bits per heavy atom. The maximum Gasteiger partial charge on any atom is 0.135 e. The van der Waals surface area contributed by atoms with Gasteiger partial charge in [0.15, 0.2) is 0 Å². The fourth-order valence-corrected chi connectivity index (χ4v) is 9.06. The number of hydrogen-bond donors (Lipinski definition) is 1. The molecule has 0 amide bonds. The van der Waals surface area contributed by atoms with Crippen molar-refractivity contribution in [2.45, 2.75) is 11.0 Å². The molecule has 242 valence electrons. The topological polar surface area (TPSA) is 37.5 Å². The number of benzene rings is 7. The Morgan fingerprint density at radius 3 is 2.02 bits per heavy atom. The first kappa shape index (κ1) is 29.6. The van der Waals surface area contributed by atoms with Crippen LogP contribution >= 0.6 is 0 Å². The van der Waals surface area contributed by atoms with Gasteiger partial charge in [0, 0.05) is 10.9 Å². The van der Waals surface area contributed by atoms with Crippen LogP contribution in [0.5, 0.6) is 0 Å². The summed E-state index contributed by atoms with van der Waals surface area (Å²) in [5, 5.41) is 7.30. The van der Waals surface area contributed by atoms with Gasteiger partial charge in [-0.05, 0) is 92.8 Å². The summed E-state index contributed by atoms with van der Waals surface area (Å²) in [6, 6.07) is 58.7. The Labute approximate surface area is 297 Å². The molecular weight excluding hydrogens is 621 g/mol. The average Bonchev–Trinajstić information content (AvgIpc) is 3.82. The number of aliphatic imine (C=N–C) groups is 1. The quantitative estimate of drug-likeness (QED) is 0.181. The van der Waals surface area contributed by atoms with E-state index in [-0.39, 0.29) is 0 Å². The molecule has 1 atom stereocenters. The Hall–Kier alpha value is -6.29. The number of rotatable bonds is 6. The van der Waals surface area contributed by atoms with Gasteiger partial charge in [0.25, 0.3) is 0 Å². The number of likely N-dealkylation sites (N-methyl/N-ethyl adjacent to an activating group) is 1. The normalized spacial score (nSPS) is 15.0. The molecule has 1 unspecified atom stereocenters. The second kappa shape index (κ2) is 11.1. The summed E-state index contributed by atoms with van der Waals surface area (Å²) in [5.41, 5.74) is 12.2. The van der Waals surface area contributed by atoms with Crippen LogP contribution in [0.15, 0.2) is 179 Å². The van der Waals surface area contributed by atoms with Crippen LogP contribution in [0.4, 0.5) is 0 Å². The summed E-state index contributed by atoms with van der Waals surface area (Å²) in [6.45, 7) is 4.05. The predicted molar refractivity (Wildman–Crippen MR) is 210 cm³/mol. The molecule has 1 heterocycles. The molecule has 1 spiro atoms. The van der Waals surface area contributed by atoms with Gasteiger partial charge in [-0.25, -0.2) is 0 Å². The lowest BCUT2D eigenvalue weighted by Gasteiger charge is -2.35. The number of fused-ring (bicyclic) bond motifs is 13. The number of para-hydroxylation sites is 1. The zero-order valence-electron chi connectivity index (χ0n) is 28.2. The molecule has 2 aliphatic carbocycles. The molecule has 0 aliphatic heterocycles. The van der Waals surface area contributed by atoms with E-state index < -0.39 is 11.0 Å². The molecule has 0 bridgehead atoms. The first-order valence-electron chi connectivity index (χ1n) is 17.5. The van der Waals surface area contributed by atoms with Crippen molar-refractivity contribution in [3.8, 4) is 22.3 Å².